The van der Waals surface area contributed by atoms with Crippen LogP contribution in [0.1, 0.15) is 6.42 Å². The zero-order valence-corrected chi connectivity index (χ0v) is 11.7. The van der Waals surface area contributed by atoms with Gasteiger partial charge in [0.15, 0.2) is 11.2 Å². The van der Waals surface area contributed by atoms with Gasteiger partial charge in [0, 0.05) is 20.7 Å². The number of hydrogen-bond acceptors (Lipinski definition) is 5. The maximum atomic E-state index is 12.2. The molecule has 0 aliphatic heterocycles. The summed E-state index contributed by atoms with van der Waals surface area (Å²) in [5.74, 6) is 0. The second-order valence-corrected chi connectivity index (χ2v) is 4.54. The SMILES string of the molecule is COCCn1c(=O)n(C)c(=O)c2c1ncn2CCCN. The molecule has 0 aromatic carbocycles. The van der Waals surface area contributed by atoms with E-state index in [1.807, 2.05) is 0 Å². The van der Waals surface area contributed by atoms with E-state index in [9.17, 15) is 9.59 Å². The van der Waals surface area contributed by atoms with Crippen molar-refractivity contribution in [2.75, 3.05) is 20.3 Å². The highest BCUT2D eigenvalue weighted by Crippen LogP contribution is 2.07. The van der Waals surface area contributed by atoms with Gasteiger partial charge in [0.1, 0.15) is 0 Å². The van der Waals surface area contributed by atoms with Crippen LogP contribution in [0.15, 0.2) is 15.9 Å². The van der Waals surface area contributed by atoms with Crippen molar-refractivity contribution in [3.05, 3.63) is 27.2 Å². The van der Waals surface area contributed by atoms with E-state index in [4.69, 9.17) is 10.5 Å². The summed E-state index contributed by atoms with van der Waals surface area (Å²) in [6, 6.07) is 0. The molecule has 2 aromatic rings. The van der Waals surface area contributed by atoms with Gasteiger partial charge >= 0.3 is 5.69 Å². The summed E-state index contributed by atoms with van der Waals surface area (Å²) in [4.78, 5) is 28.6. The van der Waals surface area contributed by atoms with Gasteiger partial charge < -0.3 is 15.0 Å². The molecule has 0 aliphatic carbocycles. The number of fused-ring (bicyclic) bond motifs is 1. The van der Waals surface area contributed by atoms with E-state index in [0.717, 1.165) is 11.0 Å². The molecule has 2 N–H and O–H groups in total. The molecule has 0 saturated heterocycles. The maximum absolute atomic E-state index is 12.2. The van der Waals surface area contributed by atoms with Crippen LogP contribution in [0, 0.1) is 0 Å². The third-order valence-corrected chi connectivity index (χ3v) is 3.22. The predicted molar refractivity (Wildman–Crippen MR) is 74.8 cm³/mol. The quantitative estimate of drug-likeness (QED) is 0.724. The minimum Gasteiger partial charge on any atom is -0.383 e. The third kappa shape index (κ3) is 2.39. The van der Waals surface area contributed by atoms with E-state index in [1.165, 1.54) is 11.6 Å². The van der Waals surface area contributed by atoms with Crippen LogP contribution in [0.4, 0.5) is 0 Å². The number of nitrogens with two attached hydrogens (primary N) is 1. The highest BCUT2D eigenvalue weighted by Gasteiger charge is 2.15. The Morgan fingerprint density at radius 1 is 1.35 bits per heavy atom. The molecule has 0 amide bonds. The number of aryl methyl sites for hydroxylation is 1. The van der Waals surface area contributed by atoms with Crippen LogP contribution in [0.3, 0.4) is 0 Å². The van der Waals surface area contributed by atoms with Crippen molar-refractivity contribution in [2.24, 2.45) is 12.8 Å². The van der Waals surface area contributed by atoms with E-state index in [-0.39, 0.29) is 11.2 Å². The average molecular weight is 281 g/mol. The number of nitrogens with zero attached hydrogens (tertiary/aromatic N) is 4. The first kappa shape index (κ1) is 14.5. The van der Waals surface area contributed by atoms with Gasteiger partial charge in [-0.3, -0.25) is 13.9 Å². The number of methoxy groups -OCH3 is 1. The first-order valence-electron chi connectivity index (χ1n) is 6.45. The molecule has 2 aromatic heterocycles. The van der Waals surface area contributed by atoms with Crippen LogP contribution in [0.2, 0.25) is 0 Å². The van der Waals surface area contributed by atoms with E-state index in [2.05, 4.69) is 4.98 Å². The second-order valence-electron chi connectivity index (χ2n) is 4.54. The lowest BCUT2D eigenvalue weighted by atomic mass is 10.4. The minimum absolute atomic E-state index is 0.340. The second kappa shape index (κ2) is 6.02. The first-order chi connectivity index (χ1) is 9.61. The smallest absolute Gasteiger partial charge is 0.332 e. The van der Waals surface area contributed by atoms with Crippen molar-refractivity contribution in [1.82, 2.24) is 18.7 Å². The lowest BCUT2D eigenvalue weighted by molar-refractivity contribution is 0.186. The number of hydrogen-bond donors (Lipinski definition) is 1. The number of imidazole rings is 1. The highest BCUT2D eigenvalue weighted by atomic mass is 16.5. The Kier molecular flexibility index (Phi) is 4.35. The lowest BCUT2D eigenvalue weighted by Crippen LogP contribution is -2.39. The van der Waals surface area contributed by atoms with Crippen molar-refractivity contribution in [2.45, 2.75) is 19.5 Å². The van der Waals surface area contributed by atoms with Crippen molar-refractivity contribution < 1.29 is 4.74 Å². The van der Waals surface area contributed by atoms with Crippen molar-refractivity contribution in [3.8, 4) is 0 Å². The Morgan fingerprint density at radius 2 is 2.10 bits per heavy atom. The molecule has 2 heterocycles. The largest absolute Gasteiger partial charge is 0.383 e. The van der Waals surface area contributed by atoms with E-state index in [0.29, 0.717) is 37.4 Å². The molecule has 0 radical (unpaired) electrons. The van der Waals surface area contributed by atoms with Gasteiger partial charge in [-0.2, -0.15) is 0 Å². The molecule has 0 unspecified atom stereocenters. The topological polar surface area (TPSA) is 97.1 Å². The fraction of sp³-hybridized carbons (Fsp3) is 0.583. The molecule has 20 heavy (non-hydrogen) atoms. The summed E-state index contributed by atoms with van der Waals surface area (Å²) in [5, 5.41) is 0. The van der Waals surface area contributed by atoms with Gasteiger partial charge in [-0.15, -0.1) is 0 Å². The summed E-state index contributed by atoms with van der Waals surface area (Å²) in [6.07, 6.45) is 2.32. The van der Waals surface area contributed by atoms with E-state index >= 15 is 0 Å². The molecular formula is C12H19N5O3. The van der Waals surface area contributed by atoms with Crippen LogP contribution < -0.4 is 17.0 Å². The molecule has 110 valence electrons. The molecule has 0 spiro atoms. The normalized spacial score (nSPS) is 11.3. The molecular weight excluding hydrogens is 262 g/mol. The minimum atomic E-state index is -0.386. The average Bonchev–Trinajstić information content (AvgIpc) is 2.86. The van der Waals surface area contributed by atoms with Gasteiger partial charge in [0.2, 0.25) is 0 Å². The Bertz CT molecular complexity index is 712. The van der Waals surface area contributed by atoms with Crippen LogP contribution in [0.5, 0.6) is 0 Å². The van der Waals surface area contributed by atoms with Crippen molar-refractivity contribution >= 4 is 11.2 Å². The summed E-state index contributed by atoms with van der Waals surface area (Å²) < 4.78 is 9.29. The van der Waals surface area contributed by atoms with Crippen LogP contribution in [-0.4, -0.2) is 38.9 Å². The van der Waals surface area contributed by atoms with Gasteiger partial charge in [-0.1, -0.05) is 0 Å². The summed E-state index contributed by atoms with van der Waals surface area (Å²) in [6.45, 7) is 1.87. The predicted octanol–water partition coefficient (Wildman–Crippen LogP) is -1.11. The fourth-order valence-electron chi connectivity index (χ4n) is 2.12. The van der Waals surface area contributed by atoms with Gasteiger partial charge in [-0.25, -0.2) is 9.78 Å². The number of rotatable bonds is 6. The molecule has 0 aliphatic rings. The highest BCUT2D eigenvalue weighted by molar-refractivity contribution is 5.70. The van der Waals surface area contributed by atoms with Crippen LogP contribution in [0.25, 0.3) is 11.2 Å². The van der Waals surface area contributed by atoms with Crippen LogP contribution in [-0.2, 0) is 24.9 Å². The summed E-state index contributed by atoms with van der Waals surface area (Å²) >= 11 is 0. The molecule has 8 nitrogen and oxygen atoms in total. The van der Waals surface area contributed by atoms with Gasteiger partial charge in [-0.05, 0) is 13.0 Å². The molecule has 8 heteroatoms. The van der Waals surface area contributed by atoms with Gasteiger partial charge in [0.05, 0.1) is 19.5 Å². The fourth-order valence-corrected chi connectivity index (χ4v) is 2.12. The third-order valence-electron chi connectivity index (χ3n) is 3.22. The Balaban J connectivity index is 2.65. The zero-order valence-electron chi connectivity index (χ0n) is 11.7. The van der Waals surface area contributed by atoms with Crippen molar-refractivity contribution in [3.63, 3.8) is 0 Å². The monoisotopic (exact) mass is 281 g/mol. The molecule has 0 atom stereocenters. The number of ether oxygens (including phenoxy) is 1. The molecule has 0 fully saturated rings. The van der Waals surface area contributed by atoms with Gasteiger partial charge in [0.25, 0.3) is 5.56 Å². The van der Waals surface area contributed by atoms with E-state index < -0.39 is 0 Å². The maximum Gasteiger partial charge on any atom is 0.332 e. The Morgan fingerprint density at radius 3 is 2.75 bits per heavy atom. The summed E-state index contributed by atoms with van der Waals surface area (Å²) in [5.41, 5.74) is 5.59. The molecule has 0 saturated carbocycles. The number of aromatic nitrogens is 4. The molecule has 2 rings (SSSR count). The zero-order chi connectivity index (χ0) is 14.7. The van der Waals surface area contributed by atoms with E-state index in [1.54, 1.807) is 18.0 Å². The lowest BCUT2D eigenvalue weighted by Gasteiger charge is -2.09. The first-order valence-corrected chi connectivity index (χ1v) is 6.45. The Labute approximate surface area is 115 Å². The summed E-state index contributed by atoms with van der Waals surface area (Å²) in [7, 11) is 3.03. The standard InChI is InChI=1S/C12H19N5O3/c1-15-11(18)9-10(14-8-16(9)5-3-4-13)17(12(15)19)6-7-20-2/h8H,3-7,13H2,1-2H3. The van der Waals surface area contributed by atoms with Crippen LogP contribution >= 0.6 is 0 Å². The van der Waals surface area contributed by atoms with Crippen molar-refractivity contribution in [1.29, 1.82) is 0 Å². The molecule has 0 bridgehead atoms. The Hall–Kier alpha value is -1.93.